The zero-order valence-corrected chi connectivity index (χ0v) is 22.9. The Balaban J connectivity index is 0.000000289. The quantitative estimate of drug-likeness (QED) is 0.233. The minimum atomic E-state index is 1.08. The fourth-order valence-electron chi connectivity index (χ4n) is 3.07. The normalized spacial score (nSPS) is 9.47. The number of rotatable bonds is 6. The van der Waals surface area contributed by atoms with Crippen LogP contribution in [-0.4, -0.2) is 0 Å². The third-order valence-corrected chi connectivity index (χ3v) is 5.25. The monoisotopic (exact) mass is 496 g/mol. The first kappa shape index (κ1) is 31.4. The molecule has 192 valence electrons. The summed E-state index contributed by atoms with van der Waals surface area (Å²) in [6.07, 6.45) is 7.27. The third kappa shape index (κ3) is 13.4. The highest BCUT2D eigenvalue weighted by molar-refractivity contribution is 5.82. The fraction of sp³-hybridized carbons (Fsp3) is 0.0526. The van der Waals surface area contributed by atoms with E-state index in [4.69, 9.17) is 0 Å². The minimum absolute atomic E-state index is 1.08. The first-order valence-electron chi connectivity index (χ1n) is 12.5. The molecule has 0 aliphatic heterocycles. The van der Waals surface area contributed by atoms with Crippen molar-refractivity contribution in [1.29, 1.82) is 0 Å². The molecule has 0 radical (unpaired) electrons. The van der Waals surface area contributed by atoms with Crippen LogP contribution in [0.1, 0.15) is 36.1 Å². The molecule has 4 aromatic carbocycles. The average Bonchev–Trinajstić information content (AvgIpc) is 2.99. The number of allylic oxidation sites excluding steroid dienone is 5. The maximum absolute atomic E-state index is 4.15. The van der Waals surface area contributed by atoms with Crippen LogP contribution >= 0.6 is 0 Å². The summed E-state index contributed by atoms with van der Waals surface area (Å²) in [5.41, 5.74) is 8.18. The largest absolute Gasteiger partial charge is 0.0991 e. The van der Waals surface area contributed by atoms with Gasteiger partial charge in [-0.2, -0.15) is 0 Å². The van der Waals surface area contributed by atoms with Crippen molar-refractivity contribution >= 4 is 23.3 Å². The summed E-state index contributed by atoms with van der Waals surface area (Å²) in [6.45, 7) is 22.4. The lowest BCUT2D eigenvalue weighted by Gasteiger charge is -2.06. The van der Waals surface area contributed by atoms with Gasteiger partial charge in [0.05, 0.1) is 0 Å². The van der Waals surface area contributed by atoms with E-state index in [2.05, 4.69) is 82.3 Å². The van der Waals surface area contributed by atoms with Gasteiger partial charge < -0.3 is 0 Å². The average molecular weight is 497 g/mol. The van der Waals surface area contributed by atoms with Crippen LogP contribution in [0.25, 0.3) is 23.3 Å². The summed E-state index contributed by atoms with van der Waals surface area (Å²) in [5, 5.41) is 0. The molecular formula is C38H40. The van der Waals surface area contributed by atoms with E-state index in [1.165, 1.54) is 27.8 Å². The number of hydrogen-bond donors (Lipinski definition) is 0. The summed E-state index contributed by atoms with van der Waals surface area (Å²) < 4.78 is 0. The van der Waals surface area contributed by atoms with E-state index in [9.17, 15) is 0 Å². The highest BCUT2D eigenvalue weighted by Crippen LogP contribution is 2.22. The van der Waals surface area contributed by atoms with Crippen LogP contribution in [0, 0.1) is 0 Å². The highest BCUT2D eigenvalue weighted by Gasteiger charge is 2.00. The van der Waals surface area contributed by atoms with Crippen molar-refractivity contribution in [2.45, 2.75) is 13.8 Å². The minimum Gasteiger partial charge on any atom is -0.0991 e. The molecule has 38 heavy (non-hydrogen) atoms. The molecule has 0 N–H and O–H groups in total. The molecule has 4 aromatic rings. The lowest BCUT2D eigenvalue weighted by Crippen LogP contribution is -1.84. The summed E-state index contributed by atoms with van der Waals surface area (Å²) >= 11 is 0. The maximum Gasteiger partial charge on any atom is -0.0187 e. The lowest BCUT2D eigenvalue weighted by atomic mass is 9.99. The van der Waals surface area contributed by atoms with Gasteiger partial charge in [0.2, 0.25) is 0 Å². The molecular weight excluding hydrogens is 456 g/mol. The molecule has 0 aromatic heterocycles. The summed E-state index contributed by atoms with van der Waals surface area (Å²) in [5.74, 6) is 0. The molecule has 0 bridgehead atoms. The Kier molecular flexibility index (Phi) is 16.1. The van der Waals surface area contributed by atoms with Crippen LogP contribution in [0.4, 0.5) is 0 Å². The van der Waals surface area contributed by atoms with Gasteiger partial charge in [0.15, 0.2) is 0 Å². The van der Waals surface area contributed by atoms with E-state index in [1.807, 2.05) is 97.9 Å². The number of benzene rings is 4. The van der Waals surface area contributed by atoms with Gasteiger partial charge in [-0.1, -0.05) is 184 Å². The van der Waals surface area contributed by atoms with Crippen molar-refractivity contribution in [3.8, 4) is 0 Å². The number of hydrogen-bond acceptors (Lipinski definition) is 0. The van der Waals surface area contributed by atoms with Crippen LogP contribution < -0.4 is 0 Å². The lowest BCUT2D eigenvalue weighted by molar-refractivity contribution is 1.52. The van der Waals surface area contributed by atoms with Crippen LogP contribution in [0.15, 0.2) is 172 Å². The van der Waals surface area contributed by atoms with Gasteiger partial charge in [-0.15, -0.1) is 0 Å². The molecule has 0 spiro atoms. The van der Waals surface area contributed by atoms with Crippen LogP contribution in [0.3, 0.4) is 0 Å². The van der Waals surface area contributed by atoms with Gasteiger partial charge in [0.25, 0.3) is 0 Å². The third-order valence-electron chi connectivity index (χ3n) is 5.25. The predicted molar refractivity (Wildman–Crippen MR) is 174 cm³/mol. The zero-order valence-electron chi connectivity index (χ0n) is 22.9. The Hall–Kier alpha value is -4.68. The summed E-state index contributed by atoms with van der Waals surface area (Å²) in [6, 6.07) is 40.8. The van der Waals surface area contributed by atoms with Gasteiger partial charge in [-0.25, -0.2) is 0 Å². The second kappa shape index (κ2) is 19.5. The van der Waals surface area contributed by atoms with E-state index in [0.717, 1.165) is 11.1 Å². The highest BCUT2D eigenvalue weighted by atomic mass is 14.0. The van der Waals surface area contributed by atoms with Crippen molar-refractivity contribution < 1.29 is 0 Å². The molecule has 0 aliphatic rings. The van der Waals surface area contributed by atoms with Crippen molar-refractivity contribution in [3.05, 3.63) is 194 Å². The standard InChI is InChI=1S/C17H16.C9H10.C8H8.C4H6/c1-14(13-16-9-5-3-6-10-16)15(2)17-11-7-4-8-12-17;1-8(2)9-6-4-3-5-7-9;1-2-8-6-4-3-5-7-8;1-3-4-2/h3-13H,2H2,1H3;3-7H,1H2,2H3;2-7H,1H2;3-4H,1-2H2. The maximum atomic E-state index is 4.15. The van der Waals surface area contributed by atoms with Gasteiger partial charge in [-0.05, 0) is 47.2 Å². The zero-order chi connectivity index (χ0) is 28.0. The van der Waals surface area contributed by atoms with E-state index in [-0.39, 0.29) is 0 Å². The molecule has 0 atom stereocenters. The Morgan fingerprint density at radius 2 is 0.868 bits per heavy atom. The molecule has 0 nitrogen and oxygen atoms in total. The molecule has 0 heteroatoms. The second-order valence-electron chi connectivity index (χ2n) is 8.32. The van der Waals surface area contributed by atoms with Crippen LogP contribution in [0.2, 0.25) is 0 Å². The van der Waals surface area contributed by atoms with Gasteiger partial charge in [-0.3, -0.25) is 0 Å². The summed E-state index contributed by atoms with van der Waals surface area (Å²) in [4.78, 5) is 0. The molecule has 0 saturated carbocycles. The Labute approximate surface area is 231 Å². The SMILES string of the molecule is C=C(C(C)=Cc1ccccc1)c1ccccc1.C=C(C)c1ccccc1.C=CC=C.C=Cc1ccccc1. The van der Waals surface area contributed by atoms with Gasteiger partial charge >= 0.3 is 0 Å². The van der Waals surface area contributed by atoms with E-state index in [1.54, 1.807) is 12.2 Å². The van der Waals surface area contributed by atoms with Crippen LogP contribution in [-0.2, 0) is 0 Å². The first-order chi connectivity index (χ1) is 18.4. The molecule has 0 saturated heterocycles. The molecule has 0 unspecified atom stereocenters. The van der Waals surface area contributed by atoms with Gasteiger partial charge in [0.1, 0.15) is 0 Å². The molecule has 0 amide bonds. The molecule has 0 heterocycles. The fourth-order valence-corrected chi connectivity index (χ4v) is 3.07. The smallest absolute Gasteiger partial charge is 0.0187 e. The molecule has 0 aliphatic carbocycles. The van der Waals surface area contributed by atoms with Crippen molar-refractivity contribution in [3.63, 3.8) is 0 Å². The van der Waals surface area contributed by atoms with Crippen molar-refractivity contribution in [2.24, 2.45) is 0 Å². The Bertz CT molecular complexity index is 1250. The predicted octanol–water partition coefficient (Wildman–Crippen LogP) is 11.2. The van der Waals surface area contributed by atoms with Crippen LogP contribution in [0.5, 0.6) is 0 Å². The molecule has 0 fully saturated rings. The Morgan fingerprint density at radius 1 is 0.500 bits per heavy atom. The van der Waals surface area contributed by atoms with Crippen molar-refractivity contribution in [1.82, 2.24) is 0 Å². The second-order valence-corrected chi connectivity index (χ2v) is 8.32. The first-order valence-corrected chi connectivity index (χ1v) is 12.5. The topological polar surface area (TPSA) is 0 Å². The van der Waals surface area contributed by atoms with E-state index >= 15 is 0 Å². The molecule has 4 rings (SSSR count). The van der Waals surface area contributed by atoms with E-state index in [0.29, 0.717) is 0 Å². The van der Waals surface area contributed by atoms with Gasteiger partial charge in [0, 0.05) is 0 Å². The van der Waals surface area contributed by atoms with E-state index < -0.39 is 0 Å². The van der Waals surface area contributed by atoms with Crippen molar-refractivity contribution in [2.75, 3.05) is 0 Å². The summed E-state index contributed by atoms with van der Waals surface area (Å²) in [7, 11) is 0. The Morgan fingerprint density at radius 3 is 1.18 bits per heavy atom.